The van der Waals surface area contributed by atoms with Gasteiger partial charge in [0.15, 0.2) is 5.96 Å². The van der Waals surface area contributed by atoms with Crippen molar-refractivity contribution in [3.8, 4) is 0 Å². The van der Waals surface area contributed by atoms with Gasteiger partial charge in [-0.1, -0.05) is 0 Å². The second kappa shape index (κ2) is 7.88. The Kier molecular flexibility index (Phi) is 5.88. The van der Waals surface area contributed by atoms with Crippen LogP contribution in [0.15, 0.2) is 4.99 Å². The van der Waals surface area contributed by atoms with Crippen molar-refractivity contribution in [1.82, 2.24) is 15.5 Å². The van der Waals surface area contributed by atoms with E-state index in [0.29, 0.717) is 5.41 Å². The zero-order chi connectivity index (χ0) is 15.3. The lowest BCUT2D eigenvalue weighted by Gasteiger charge is -2.27. The van der Waals surface area contributed by atoms with Crippen molar-refractivity contribution in [2.45, 2.75) is 19.3 Å². The van der Waals surface area contributed by atoms with Crippen LogP contribution in [-0.4, -0.2) is 75.4 Å². The number of rotatable bonds is 5. The number of hydrogen-bond acceptors (Lipinski definition) is 4. The van der Waals surface area contributed by atoms with E-state index in [1.807, 2.05) is 7.05 Å². The molecule has 0 aromatic heterocycles. The fourth-order valence-corrected chi connectivity index (χ4v) is 5.01. The van der Waals surface area contributed by atoms with Crippen LogP contribution < -0.4 is 10.6 Å². The maximum absolute atomic E-state index is 5.38. The van der Waals surface area contributed by atoms with E-state index >= 15 is 0 Å². The number of thioether (sulfide) groups is 1. The molecule has 2 heterocycles. The van der Waals surface area contributed by atoms with Crippen molar-refractivity contribution < 1.29 is 4.74 Å². The standard InChI is InChI=1S/C16H30N4OS/c1-17-15(18-4-5-20-6-8-21-9-7-20)19-13-14-12-16(14)2-10-22-11-3-16/h14H,2-13H2,1H3,(H2,17,18,19). The van der Waals surface area contributed by atoms with E-state index in [2.05, 4.69) is 32.3 Å². The molecular formula is C16H30N4OS. The first-order valence-corrected chi connectivity index (χ1v) is 9.80. The van der Waals surface area contributed by atoms with E-state index in [-0.39, 0.29) is 0 Å². The monoisotopic (exact) mass is 326 g/mol. The number of ether oxygens (including phenoxy) is 1. The largest absolute Gasteiger partial charge is 0.379 e. The van der Waals surface area contributed by atoms with Gasteiger partial charge in [-0.3, -0.25) is 9.89 Å². The minimum absolute atomic E-state index is 0.685. The highest BCUT2D eigenvalue weighted by Gasteiger charge is 2.53. The first kappa shape index (κ1) is 16.4. The van der Waals surface area contributed by atoms with Crippen molar-refractivity contribution in [3.63, 3.8) is 0 Å². The van der Waals surface area contributed by atoms with Gasteiger partial charge in [0.1, 0.15) is 0 Å². The first-order valence-electron chi connectivity index (χ1n) is 8.65. The van der Waals surface area contributed by atoms with Gasteiger partial charge in [-0.15, -0.1) is 0 Å². The third-order valence-corrected chi connectivity index (χ3v) is 6.40. The highest BCUT2D eigenvalue weighted by Crippen LogP contribution is 2.60. The molecule has 3 fully saturated rings. The van der Waals surface area contributed by atoms with E-state index < -0.39 is 0 Å². The van der Waals surface area contributed by atoms with Gasteiger partial charge in [0.05, 0.1) is 13.2 Å². The van der Waals surface area contributed by atoms with E-state index in [1.54, 1.807) is 0 Å². The van der Waals surface area contributed by atoms with Crippen LogP contribution in [0.5, 0.6) is 0 Å². The Morgan fingerprint density at radius 2 is 2.05 bits per heavy atom. The van der Waals surface area contributed by atoms with Gasteiger partial charge < -0.3 is 15.4 Å². The zero-order valence-electron chi connectivity index (χ0n) is 13.8. The Labute approximate surface area is 138 Å². The average molecular weight is 327 g/mol. The molecule has 0 amide bonds. The topological polar surface area (TPSA) is 48.9 Å². The molecule has 2 N–H and O–H groups in total. The Hall–Kier alpha value is -0.460. The summed E-state index contributed by atoms with van der Waals surface area (Å²) in [5, 5.41) is 6.97. The summed E-state index contributed by atoms with van der Waals surface area (Å²) in [4.78, 5) is 6.79. The zero-order valence-corrected chi connectivity index (χ0v) is 14.6. The predicted octanol–water partition coefficient (Wildman–Crippen LogP) is 1.02. The van der Waals surface area contributed by atoms with E-state index in [1.165, 1.54) is 30.8 Å². The van der Waals surface area contributed by atoms with Crippen LogP contribution in [0.1, 0.15) is 19.3 Å². The molecule has 1 saturated carbocycles. The Morgan fingerprint density at radius 1 is 1.27 bits per heavy atom. The number of morpholine rings is 1. The quantitative estimate of drug-likeness (QED) is 0.583. The molecule has 6 heteroatoms. The van der Waals surface area contributed by atoms with Crippen LogP contribution in [0.4, 0.5) is 0 Å². The smallest absolute Gasteiger partial charge is 0.191 e. The van der Waals surface area contributed by atoms with Crippen LogP contribution in [0.25, 0.3) is 0 Å². The van der Waals surface area contributed by atoms with Crippen molar-refractivity contribution >= 4 is 17.7 Å². The molecule has 3 aliphatic rings. The average Bonchev–Trinajstić information content (AvgIpc) is 3.24. The molecule has 126 valence electrons. The van der Waals surface area contributed by atoms with Crippen molar-refractivity contribution in [2.75, 3.05) is 64.5 Å². The van der Waals surface area contributed by atoms with Crippen LogP contribution >= 0.6 is 11.8 Å². The number of aliphatic imine (C=N–C) groups is 1. The summed E-state index contributed by atoms with van der Waals surface area (Å²) in [6, 6.07) is 0. The fraction of sp³-hybridized carbons (Fsp3) is 0.938. The third-order valence-electron chi connectivity index (χ3n) is 5.41. The summed E-state index contributed by atoms with van der Waals surface area (Å²) >= 11 is 2.12. The molecule has 0 aromatic rings. The number of nitrogens with zero attached hydrogens (tertiary/aromatic N) is 2. The lowest BCUT2D eigenvalue weighted by atomic mass is 9.96. The van der Waals surface area contributed by atoms with Crippen LogP contribution in [0.3, 0.4) is 0 Å². The molecule has 1 aliphatic carbocycles. The summed E-state index contributed by atoms with van der Waals surface area (Å²) in [6.45, 7) is 6.94. The molecule has 1 spiro atoms. The Balaban J connectivity index is 1.31. The molecule has 2 saturated heterocycles. The Morgan fingerprint density at radius 3 is 2.77 bits per heavy atom. The van der Waals surface area contributed by atoms with E-state index in [0.717, 1.165) is 57.8 Å². The summed E-state index contributed by atoms with van der Waals surface area (Å²) in [5.41, 5.74) is 0.685. The minimum atomic E-state index is 0.685. The maximum atomic E-state index is 5.38. The summed E-state index contributed by atoms with van der Waals surface area (Å²) in [7, 11) is 1.87. The molecule has 0 radical (unpaired) electrons. The molecule has 5 nitrogen and oxygen atoms in total. The molecule has 1 atom stereocenters. The van der Waals surface area contributed by atoms with Gasteiger partial charge in [0.2, 0.25) is 0 Å². The van der Waals surface area contributed by atoms with Crippen LogP contribution in [0.2, 0.25) is 0 Å². The molecule has 1 unspecified atom stereocenters. The predicted molar refractivity (Wildman–Crippen MR) is 93.7 cm³/mol. The second-order valence-corrected chi connectivity index (χ2v) is 7.93. The highest BCUT2D eigenvalue weighted by atomic mass is 32.2. The Bertz CT molecular complexity index is 378. The third kappa shape index (κ3) is 4.30. The van der Waals surface area contributed by atoms with Crippen LogP contribution in [0, 0.1) is 11.3 Å². The molecule has 22 heavy (non-hydrogen) atoms. The van der Waals surface area contributed by atoms with Gasteiger partial charge >= 0.3 is 0 Å². The lowest BCUT2D eigenvalue weighted by molar-refractivity contribution is 0.0389. The van der Waals surface area contributed by atoms with E-state index in [9.17, 15) is 0 Å². The molecule has 0 bridgehead atoms. The number of hydrogen-bond donors (Lipinski definition) is 2. The van der Waals surface area contributed by atoms with Crippen molar-refractivity contribution in [2.24, 2.45) is 16.3 Å². The highest BCUT2D eigenvalue weighted by molar-refractivity contribution is 7.99. The number of guanidine groups is 1. The van der Waals surface area contributed by atoms with Crippen molar-refractivity contribution in [3.05, 3.63) is 0 Å². The van der Waals surface area contributed by atoms with Gasteiger partial charge in [0, 0.05) is 39.8 Å². The van der Waals surface area contributed by atoms with E-state index in [4.69, 9.17) is 4.74 Å². The molecule has 2 aliphatic heterocycles. The fourth-order valence-electron chi connectivity index (χ4n) is 3.71. The molecule has 0 aromatic carbocycles. The van der Waals surface area contributed by atoms with Gasteiger partial charge in [-0.05, 0) is 42.1 Å². The van der Waals surface area contributed by atoms with Crippen molar-refractivity contribution in [1.29, 1.82) is 0 Å². The minimum Gasteiger partial charge on any atom is -0.379 e. The number of nitrogens with one attached hydrogen (secondary N) is 2. The molecular weight excluding hydrogens is 296 g/mol. The van der Waals surface area contributed by atoms with Gasteiger partial charge in [-0.2, -0.15) is 11.8 Å². The molecule has 3 rings (SSSR count). The van der Waals surface area contributed by atoms with Gasteiger partial charge in [0.25, 0.3) is 0 Å². The summed E-state index contributed by atoms with van der Waals surface area (Å²) in [5.74, 6) is 4.55. The van der Waals surface area contributed by atoms with Crippen LogP contribution in [-0.2, 0) is 4.74 Å². The normalized spacial score (nSPS) is 28.6. The summed E-state index contributed by atoms with van der Waals surface area (Å²) in [6.07, 6.45) is 4.27. The summed E-state index contributed by atoms with van der Waals surface area (Å²) < 4.78 is 5.38. The second-order valence-electron chi connectivity index (χ2n) is 6.71. The first-order chi connectivity index (χ1) is 10.8. The van der Waals surface area contributed by atoms with Gasteiger partial charge in [-0.25, -0.2) is 0 Å². The lowest BCUT2D eigenvalue weighted by Crippen LogP contribution is -2.45. The maximum Gasteiger partial charge on any atom is 0.191 e. The SMILES string of the molecule is CN=C(NCCN1CCOCC1)NCC1CC12CCSCC2.